The molecule has 0 amide bonds. The first-order chi connectivity index (χ1) is 9.72. The Morgan fingerprint density at radius 3 is 3.15 bits per heavy atom. The molecule has 1 aromatic carbocycles. The number of carbonyl (C=O) groups is 1. The lowest BCUT2D eigenvalue weighted by atomic mass is 10.0. The number of para-hydroxylation sites is 1. The van der Waals surface area contributed by atoms with Crippen LogP contribution in [0, 0.1) is 0 Å². The molecule has 6 nitrogen and oxygen atoms in total. The van der Waals surface area contributed by atoms with Gasteiger partial charge in [-0.25, -0.2) is 0 Å². The van der Waals surface area contributed by atoms with E-state index < -0.39 is 0 Å². The van der Waals surface area contributed by atoms with Gasteiger partial charge in [-0.2, -0.15) is 5.10 Å². The molecule has 2 aromatic rings. The van der Waals surface area contributed by atoms with E-state index in [1.807, 2.05) is 24.3 Å². The predicted octanol–water partition coefficient (Wildman–Crippen LogP) is 1.18. The van der Waals surface area contributed by atoms with Crippen LogP contribution in [0.5, 0.6) is 5.75 Å². The van der Waals surface area contributed by atoms with E-state index in [9.17, 15) is 4.79 Å². The van der Waals surface area contributed by atoms with Crippen LogP contribution in [0.1, 0.15) is 11.5 Å². The zero-order valence-corrected chi connectivity index (χ0v) is 10.9. The Bertz CT molecular complexity index is 624. The van der Waals surface area contributed by atoms with Crippen molar-refractivity contribution in [1.29, 1.82) is 0 Å². The molecule has 0 spiro atoms. The summed E-state index contributed by atoms with van der Waals surface area (Å²) in [5.74, 6) is 0.628. The zero-order chi connectivity index (χ0) is 13.9. The van der Waals surface area contributed by atoms with E-state index in [0.29, 0.717) is 18.9 Å². The van der Waals surface area contributed by atoms with Crippen molar-refractivity contribution < 1.29 is 14.3 Å². The van der Waals surface area contributed by atoms with Crippen LogP contribution in [0.2, 0.25) is 0 Å². The molecule has 2 heterocycles. The lowest BCUT2D eigenvalue weighted by Crippen LogP contribution is -2.18. The van der Waals surface area contributed by atoms with Gasteiger partial charge < -0.3 is 15.2 Å². The second-order valence-electron chi connectivity index (χ2n) is 4.70. The highest BCUT2D eigenvalue weighted by Gasteiger charge is 2.24. The smallest absolute Gasteiger partial charge is 0.327 e. The van der Waals surface area contributed by atoms with Gasteiger partial charge in [0.25, 0.3) is 0 Å². The summed E-state index contributed by atoms with van der Waals surface area (Å²) in [5, 5.41) is 3.94. The number of esters is 1. The van der Waals surface area contributed by atoms with Crippen molar-refractivity contribution in [1.82, 2.24) is 9.78 Å². The standard InChI is InChI=1S/C14H15N3O3/c15-11-5-16-17(6-11)7-14(18)20-9-10-8-19-13-4-2-1-3-12(10)13/h1-6,10H,7-9,15H2. The monoisotopic (exact) mass is 273 g/mol. The number of nitrogens with two attached hydrogens (primary N) is 1. The van der Waals surface area contributed by atoms with Crippen LogP contribution in [0.3, 0.4) is 0 Å². The first-order valence-corrected chi connectivity index (χ1v) is 6.37. The Morgan fingerprint density at radius 2 is 2.35 bits per heavy atom. The molecular weight excluding hydrogens is 258 g/mol. The molecule has 3 rings (SSSR count). The third kappa shape index (κ3) is 2.59. The van der Waals surface area contributed by atoms with E-state index in [4.69, 9.17) is 15.2 Å². The van der Waals surface area contributed by atoms with Crippen LogP contribution in [0.15, 0.2) is 36.7 Å². The summed E-state index contributed by atoms with van der Waals surface area (Å²) in [6.07, 6.45) is 3.09. The number of aromatic nitrogens is 2. The summed E-state index contributed by atoms with van der Waals surface area (Å²) in [6.45, 7) is 0.917. The van der Waals surface area contributed by atoms with Gasteiger partial charge in [0.2, 0.25) is 0 Å². The van der Waals surface area contributed by atoms with Gasteiger partial charge in [-0.05, 0) is 6.07 Å². The maximum absolute atomic E-state index is 11.7. The largest absolute Gasteiger partial charge is 0.493 e. The number of hydrogen-bond donors (Lipinski definition) is 1. The summed E-state index contributed by atoms with van der Waals surface area (Å²) in [7, 11) is 0. The molecule has 20 heavy (non-hydrogen) atoms. The normalized spacial score (nSPS) is 16.5. The lowest BCUT2D eigenvalue weighted by Gasteiger charge is -2.10. The minimum Gasteiger partial charge on any atom is -0.493 e. The van der Waals surface area contributed by atoms with Crippen molar-refractivity contribution in [3.05, 3.63) is 42.2 Å². The average Bonchev–Trinajstić information content (AvgIpc) is 3.03. The van der Waals surface area contributed by atoms with E-state index in [0.717, 1.165) is 11.3 Å². The van der Waals surface area contributed by atoms with Gasteiger partial charge in [0.15, 0.2) is 0 Å². The Kier molecular flexibility index (Phi) is 3.28. The van der Waals surface area contributed by atoms with Crippen molar-refractivity contribution in [2.45, 2.75) is 12.5 Å². The molecule has 0 aliphatic carbocycles. The Balaban J connectivity index is 1.54. The fourth-order valence-corrected chi connectivity index (χ4v) is 2.20. The van der Waals surface area contributed by atoms with Crippen LogP contribution in [-0.4, -0.2) is 29.0 Å². The van der Waals surface area contributed by atoms with Gasteiger partial charge >= 0.3 is 5.97 Å². The molecule has 6 heteroatoms. The molecule has 0 fully saturated rings. The highest BCUT2D eigenvalue weighted by molar-refractivity contribution is 5.69. The number of anilines is 1. The van der Waals surface area contributed by atoms with E-state index in [-0.39, 0.29) is 18.4 Å². The van der Waals surface area contributed by atoms with Gasteiger partial charge in [-0.15, -0.1) is 0 Å². The van der Waals surface area contributed by atoms with Crippen LogP contribution in [0.25, 0.3) is 0 Å². The minimum atomic E-state index is -0.336. The SMILES string of the molecule is Nc1cnn(CC(=O)OCC2COc3ccccc32)c1. The first kappa shape index (κ1) is 12.5. The van der Waals surface area contributed by atoms with E-state index >= 15 is 0 Å². The quantitative estimate of drug-likeness (QED) is 0.846. The van der Waals surface area contributed by atoms with E-state index in [1.165, 1.54) is 10.9 Å². The molecule has 1 atom stereocenters. The first-order valence-electron chi connectivity index (χ1n) is 6.37. The fraction of sp³-hybridized carbons (Fsp3) is 0.286. The van der Waals surface area contributed by atoms with Crippen molar-refractivity contribution in [2.75, 3.05) is 18.9 Å². The number of hydrogen-bond acceptors (Lipinski definition) is 5. The van der Waals surface area contributed by atoms with Crippen LogP contribution in [-0.2, 0) is 16.1 Å². The molecule has 1 aromatic heterocycles. The van der Waals surface area contributed by atoms with Crippen LogP contribution < -0.4 is 10.5 Å². The number of nitrogens with zero attached hydrogens (tertiary/aromatic N) is 2. The third-order valence-corrected chi connectivity index (χ3v) is 3.19. The molecule has 0 bridgehead atoms. The highest BCUT2D eigenvalue weighted by atomic mass is 16.5. The Hall–Kier alpha value is -2.50. The predicted molar refractivity (Wildman–Crippen MR) is 72.3 cm³/mol. The molecule has 2 N–H and O–H groups in total. The number of fused-ring (bicyclic) bond motifs is 1. The molecule has 1 unspecified atom stereocenters. The highest BCUT2D eigenvalue weighted by Crippen LogP contribution is 2.33. The fourth-order valence-electron chi connectivity index (χ4n) is 2.20. The van der Waals surface area contributed by atoms with Gasteiger partial charge in [0, 0.05) is 11.8 Å². The number of rotatable bonds is 4. The Labute approximate surface area is 116 Å². The maximum atomic E-state index is 11.7. The number of carbonyl (C=O) groups excluding carboxylic acids is 1. The molecule has 1 aliphatic rings. The summed E-state index contributed by atoms with van der Waals surface area (Å²) in [5.41, 5.74) is 7.14. The summed E-state index contributed by atoms with van der Waals surface area (Å²) in [4.78, 5) is 11.7. The van der Waals surface area contributed by atoms with Crippen LogP contribution in [0.4, 0.5) is 5.69 Å². The molecule has 1 aliphatic heterocycles. The molecule has 0 radical (unpaired) electrons. The molecule has 0 saturated carbocycles. The lowest BCUT2D eigenvalue weighted by molar-refractivity contribution is -0.145. The van der Waals surface area contributed by atoms with Crippen molar-refractivity contribution in [2.24, 2.45) is 0 Å². The number of nitrogen functional groups attached to an aromatic ring is 1. The van der Waals surface area contributed by atoms with Gasteiger partial charge in [-0.1, -0.05) is 18.2 Å². The van der Waals surface area contributed by atoms with Crippen molar-refractivity contribution >= 4 is 11.7 Å². The Morgan fingerprint density at radius 1 is 1.50 bits per heavy atom. The minimum absolute atomic E-state index is 0.0619. The topological polar surface area (TPSA) is 79.4 Å². The van der Waals surface area contributed by atoms with E-state index in [2.05, 4.69) is 5.10 Å². The molecule has 104 valence electrons. The van der Waals surface area contributed by atoms with Crippen molar-refractivity contribution in [3.8, 4) is 5.75 Å². The zero-order valence-electron chi connectivity index (χ0n) is 10.9. The summed E-state index contributed by atoms with van der Waals surface area (Å²) < 4.78 is 12.3. The summed E-state index contributed by atoms with van der Waals surface area (Å²) in [6, 6.07) is 7.79. The number of ether oxygens (including phenoxy) is 2. The second-order valence-corrected chi connectivity index (χ2v) is 4.70. The maximum Gasteiger partial charge on any atom is 0.327 e. The second kappa shape index (κ2) is 5.24. The molecular formula is C14H15N3O3. The van der Waals surface area contributed by atoms with Crippen molar-refractivity contribution in [3.63, 3.8) is 0 Å². The average molecular weight is 273 g/mol. The molecule has 0 saturated heterocycles. The van der Waals surface area contributed by atoms with E-state index in [1.54, 1.807) is 6.20 Å². The van der Waals surface area contributed by atoms with Gasteiger partial charge in [0.1, 0.15) is 18.9 Å². The van der Waals surface area contributed by atoms with Gasteiger partial charge in [-0.3, -0.25) is 9.48 Å². The third-order valence-electron chi connectivity index (χ3n) is 3.19. The summed E-state index contributed by atoms with van der Waals surface area (Å²) >= 11 is 0. The van der Waals surface area contributed by atoms with Gasteiger partial charge in [0.05, 0.1) is 24.4 Å². The number of benzene rings is 1. The van der Waals surface area contributed by atoms with Crippen LogP contribution >= 0.6 is 0 Å².